The second-order valence-electron chi connectivity index (χ2n) is 5.13. The van der Waals surface area contributed by atoms with E-state index in [1.54, 1.807) is 14.0 Å². The maximum Gasteiger partial charge on any atom is 0.331 e. The van der Waals surface area contributed by atoms with Crippen molar-refractivity contribution in [1.29, 1.82) is 0 Å². The van der Waals surface area contributed by atoms with Crippen LogP contribution in [0.1, 0.15) is 58.8 Å². The molecule has 5 heteroatoms. The van der Waals surface area contributed by atoms with Gasteiger partial charge in [0.05, 0.1) is 6.61 Å². The first-order valence-electron chi connectivity index (χ1n) is 8.18. The van der Waals surface area contributed by atoms with E-state index in [-0.39, 0.29) is 12.7 Å². The second-order valence-corrected chi connectivity index (χ2v) is 5.13. The molecule has 0 aromatic rings. The quantitative estimate of drug-likeness (QED) is 0.296. The normalized spacial score (nSPS) is 12.3. The van der Waals surface area contributed by atoms with E-state index in [1.807, 2.05) is 0 Å². The summed E-state index contributed by atoms with van der Waals surface area (Å²) in [5, 5.41) is 0. The number of hydrogen-bond donors (Lipinski definition) is 0. The van der Waals surface area contributed by atoms with Crippen molar-refractivity contribution in [2.75, 3.05) is 20.3 Å². The molecule has 0 aliphatic carbocycles. The maximum atomic E-state index is 11.7. The van der Waals surface area contributed by atoms with Crippen molar-refractivity contribution in [2.24, 2.45) is 0 Å². The topological polar surface area (TPSA) is 61.8 Å². The Hall–Kier alpha value is -1.36. The zero-order chi connectivity index (χ0) is 16.6. The molecule has 0 N–H and O–H groups in total. The van der Waals surface area contributed by atoms with Crippen molar-refractivity contribution in [2.45, 2.75) is 64.9 Å². The number of rotatable bonds is 13. The summed E-state index contributed by atoms with van der Waals surface area (Å²) in [5.41, 5.74) is 0. The third-order valence-corrected chi connectivity index (χ3v) is 3.18. The van der Waals surface area contributed by atoms with Crippen LogP contribution < -0.4 is 0 Å². The molecule has 0 amide bonds. The molecule has 0 aliphatic heterocycles. The highest BCUT2D eigenvalue weighted by atomic mass is 16.5. The number of esters is 2. The summed E-state index contributed by atoms with van der Waals surface area (Å²) < 4.78 is 15.2. The van der Waals surface area contributed by atoms with Crippen LogP contribution in [0.25, 0.3) is 0 Å². The van der Waals surface area contributed by atoms with E-state index in [9.17, 15) is 9.59 Å². The molecule has 0 heterocycles. The third kappa shape index (κ3) is 12.4. The number of carbonyl (C=O) groups is 2. The van der Waals surface area contributed by atoms with E-state index < -0.39 is 11.9 Å². The van der Waals surface area contributed by atoms with Gasteiger partial charge in [-0.3, -0.25) is 0 Å². The molecular formula is C17H30O5. The van der Waals surface area contributed by atoms with E-state index >= 15 is 0 Å². The SMILES string of the molecule is CCCCCCC(CCCOC)OC(=O)/C=C/C(=O)OCC. The van der Waals surface area contributed by atoms with Crippen molar-refractivity contribution in [3.8, 4) is 0 Å². The summed E-state index contributed by atoms with van der Waals surface area (Å²) in [6.45, 7) is 4.82. The monoisotopic (exact) mass is 314 g/mol. The molecule has 1 unspecified atom stereocenters. The molecule has 0 saturated heterocycles. The predicted molar refractivity (Wildman–Crippen MR) is 85.5 cm³/mol. The molecule has 22 heavy (non-hydrogen) atoms. The van der Waals surface area contributed by atoms with Crippen molar-refractivity contribution >= 4 is 11.9 Å². The van der Waals surface area contributed by atoms with Gasteiger partial charge in [-0.25, -0.2) is 9.59 Å². The van der Waals surface area contributed by atoms with Gasteiger partial charge in [-0.15, -0.1) is 0 Å². The summed E-state index contributed by atoms with van der Waals surface area (Å²) in [4.78, 5) is 22.9. The molecule has 5 nitrogen and oxygen atoms in total. The Morgan fingerprint density at radius 2 is 1.64 bits per heavy atom. The standard InChI is InChI=1S/C17H30O5/c1-4-6-7-8-10-15(11-9-14-20-3)22-17(19)13-12-16(18)21-5-2/h12-13,15H,4-11,14H2,1-3H3/b13-12+. The third-order valence-electron chi connectivity index (χ3n) is 3.18. The van der Waals surface area contributed by atoms with E-state index in [2.05, 4.69) is 6.92 Å². The van der Waals surface area contributed by atoms with Gasteiger partial charge < -0.3 is 14.2 Å². The van der Waals surface area contributed by atoms with Crippen LogP contribution in [-0.4, -0.2) is 38.4 Å². The Labute approximate surface area is 134 Å². The van der Waals surface area contributed by atoms with Gasteiger partial charge in [-0.05, 0) is 32.6 Å². The lowest BCUT2D eigenvalue weighted by Crippen LogP contribution is -2.18. The van der Waals surface area contributed by atoms with Gasteiger partial charge in [-0.2, -0.15) is 0 Å². The van der Waals surface area contributed by atoms with Gasteiger partial charge in [-0.1, -0.05) is 26.2 Å². The van der Waals surface area contributed by atoms with Gasteiger partial charge in [0.2, 0.25) is 0 Å². The van der Waals surface area contributed by atoms with Gasteiger partial charge >= 0.3 is 11.9 Å². The number of carbonyl (C=O) groups excluding carboxylic acids is 2. The molecule has 1 atom stereocenters. The fraction of sp³-hybridized carbons (Fsp3) is 0.765. The average molecular weight is 314 g/mol. The minimum Gasteiger partial charge on any atom is -0.463 e. The lowest BCUT2D eigenvalue weighted by molar-refractivity contribution is -0.144. The Morgan fingerprint density at radius 1 is 0.955 bits per heavy atom. The summed E-state index contributed by atoms with van der Waals surface area (Å²) in [5.74, 6) is -1.02. The van der Waals surface area contributed by atoms with Crippen molar-refractivity contribution in [3.63, 3.8) is 0 Å². The van der Waals surface area contributed by atoms with Crippen LogP contribution in [0.5, 0.6) is 0 Å². The Morgan fingerprint density at radius 3 is 2.27 bits per heavy atom. The van der Waals surface area contributed by atoms with E-state index in [4.69, 9.17) is 14.2 Å². The first kappa shape index (κ1) is 20.6. The van der Waals surface area contributed by atoms with E-state index in [0.717, 1.165) is 44.3 Å². The van der Waals surface area contributed by atoms with Crippen LogP contribution >= 0.6 is 0 Å². The molecule has 0 radical (unpaired) electrons. The van der Waals surface area contributed by atoms with Crippen LogP contribution in [0.2, 0.25) is 0 Å². The highest BCUT2D eigenvalue weighted by Gasteiger charge is 2.13. The molecule has 0 aromatic carbocycles. The van der Waals surface area contributed by atoms with Gasteiger partial charge in [0, 0.05) is 25.9 Å². The smallest absolute Gasteiger partial charge is 0.331 e. The number of ether oxygens (including phenoxy) is 3. The average Bonchev–Trinajstić information content (AvgIpc) is 2.50. The molecule has 0 aromatic heterocycles. The molecule has 0 aliphatic rings. The Kier molecular flexibility index (Phi) is 13.7. The van der Waals surface area contributed by atoms with E-state index in [1.165, 1.54) is 12.8 Å². The first-order chi connectivity index (χ1) is 10.6. The minimum absolute atomic E-state index is 0.119. The van der Waals surface area contributed by atoms with E-state index in [0.29, 0.717) is 6.61 Å². The first-order valence-corrected chi connectivity index (χ1v) is 8.18. The Balaban J connectivity index is 4.22. The molecule has 128 valence electrons. The van der Waals surface area contributed by atoms with Crippen molar-refractivity contribution in [3.05, 3.63) is 12.2 Å². The molecule has 0 rings (SSSR count). The molecule has 0 spiro atoms. The second kappa shape index (κ2) is 14.6. The van der Waals surface area contributed by atoms with Crippen LogP contribution in [0, 0.1) is 0 Å². The zero-order valence-electron chi connectivity index (χ0n) is 14.1. The van der Waals surface area contributed by atoms with Crippen molar-refractivity contribution < 1.29 is 23.8 Å². The predicted octanol–water partition coefficient (Wildman–Crippen LogP) is 3.41. The summed E-state index contributed by atoms with van der Waals surface area (Å²) in [7, 11) is 1.66. The maximum absolute atomic E-state index is 11.7. The fourth-order valence-electron chi connectivity index (χ4n) is 2.05. The minimum atomic E-state index is -0.529. The van der Waals surface area contributed by atoms with Gasteiger partial charge in [0.15, 0.2) is 0 Å². The van der Waals surface area contributed by atoms with Crippen molar-refractivity contribution in [1.82, 2.24) is 0 Å². The van der Waals surface area contributed by atoms with Crippen LogP contribution in [0.3, 0.4) is 0 Å². The zero-order valence-corrected chi connectivity index (χ0v) is 14.1. The summed E-state index contributed by atoms with van der Waals surface area (Å²) in [6.07, 6.45) is 9.16. The number of hydrogen-bond acceptors (Lipinski definition) is 5. The molecule has 0 bridgehead atoms. The fourth-order valence-corrected chi connectivity index (χ4v) is 2.05. The molecular weight excluding hydrogens is 284 g/mol. The highest BCUT2D eigenvalue weighted by Crippen LogP contribution is 2.13. The Bertz CT molecular complexity index is 325. The summed E-state index contributed by atoms with van der Waals surface area (Å²) in [6, 6.07) is 0. The van der Waals surface area contributed by atoms with Gasteiger partial charge in [0.25, 0.3) is 0 Å². The van der Waals surface area contributed by atoms with Crippen LogP contribution in [0.4, 0.5) is 0 Å². The van der Waals surface area contributed by atoms with Crippen LogP contribution in [-0.2, 0) is 23.8 Å². The highest BCUT2D eigenvalue weighted by molar-refractivity contribution is 5.91. The van der Waals surface area contributed by atoms with Crippen LogP contribution in [0.15, 0.2) is 12.2 Å². The number of unbranched alkanes of at least 4 members (excludes halogenated alkanes) is 3. The molecule has 0 fully saturated rings. The molecule has 0 saturated carbocycles. The van der Waals surface area contributed by atoms with Gasteiger partial charge in [0.1, 0.15) is 6.10 Å². The largest absolute Gasteiger partial charge is 0.463 e. The lowest BCUT2D eigenvalue weighted by Gasteiger charge is -2.16. The lowest BCUT2D eigenvalue weighted by atomic mass is 10.1. The number of methoxy groups -OCH3 is 1. The summed E-state index contributed by atoms with van der Waals surface area (Å²) >= 11 is 0.